The Morgan fingerprint density at radius 2 is 1.96 bits per heavy atom. The zero-order chi connectivity index (χ0) is 18.6. The fourth-order valence-electron chi connectivity index (χ4n) is 4.09. The molecule has 3 unspecified atom stereocenters. The zero-order valence-corrected chi connectivity index (χ0v) is 15.7. The van der Waals surface area contributed by atoms with Gasteiger partial charge in [-0.2, -0.15) is 0 Å². The zero-order valence-electron chi connectivity index (χ0n) is 15.7. The molecule has 5 nitrogen and oxygen atoms in total. The molecule has 1 saturated heterocycles. The normalized spacial score (nSPS) is 24.3. The van der Waals surface area contributed by atoms with Crippen molar-refractivity contribution in [1.29, 1.82) is 0 Å². The van der Waals surface area contributed by atoms with Crippen molar-refractivity contribution in [3.05, 3.63) is 65.2 Å². The Labute approximate surface area is 160 Å². The molecule has 5 heteroatoms. The summed E-state index contributed by atoms with van der Waals surface area (Å²) < 4.78 is 5.50. The van der Waals surface area contributed by atoms with Crippen LogP contribution in [0.15, 0.2) is 48.5 Å². The summed E-state index contributed by atoms with van der Waals surface area (Å²) in [4.78, 5) is 12.8. The van der Waals surface area contributed by atoms with Crippen LogP contribution >= 0.6 is 0 Å². The molecule has 2 aliphatic rings. The standard InChI is InChI=1S/C22H27N3O2/c1-2-27-17-12-10-16(11-13-17)20-14-21(25-24-20)22(26)23-19-9-5-7-15-6-3-4-8-18(15)19/h3-4,6,8,10-13,19-21,24-25H,2,5,7,9,14H2,1H3,(H,23,26). The second kappa shape index (κ2) is 8.11. The van der Waals surface area contributed by atoms with Gasteiger partial charge in [0.05, 0.1) is 12.6 Å². The van der Waals surface area contributed by atoms with Gasteiger partial charge >= 0.3 is 0 Å². The third-order valence-corrected chi connectivity index (χ3v) is 5.50. The molecular formula is C22H27N3O2. The van der Waals surface area contributed by atoms with Gasteiger partial charge in [-0.25, -0.2) is 10.9 Å². The summed E-state index contributed by atoms with van der Waals surface area (Å²) in [6.07, 6.45) is 3.96. The largest absolute Gasteiger partial charge is 0.494 e. The van der Waals surface area contributed by atoms with E-state index in [4.69, 9.17) is 4.74 Å². The first-order valence-corrected chi connectivity index (χ1v) is 9.86. The van der Waals surface area contributed by atoms with Gasteiger partial charge < -0.3 is 10.1 Å². The first-order chi connectivity index (χ1) is 13.2. The number of ether oxygens (including phenoxy) is 1. The average molecular weight is 365 g/mol. The van der Waals surface area contributed by atoms with E-state index < -0.39 is 0 Å². The van der Waals surface area contributed by atoms with Crippen molar-refractivity contribution in [2.45, 2.75) is 50.7 Å². The van der Waals surface area contributed by atoms with Gasteiger partial charge in [0, 0.05) is 6.04 Å². The minimum absolute atomic E-state index is 0.0673. The number of hydrogen-bond donors (Lipinski definition) is 3. The minimum Gasteiger partial charge on any atom is -0.494 e. The van der Waals surface area contributed by atoms with Crippen molar-refractivity contribution >= 4 is 5.91 Å². The van der Waals surface area contributed by atoms with Crippen molar-refractivity contribution in [3.8, 4) is 5.75 Å². The smallest absolute Gasteiger partial charge is 0.239 e. The fourth-order valence-corrected chi connectivity index (χ4v) is 4.09. The first-order valence-electron chi connectivity index (χ1n) is 9.86. The lowest BCUT2D eigenvalue weighted by molar-refractivity contribution is -0.123. The minimum atomic E-state index is -0.226. The number of carbonyl (C=O) groups is 1. The van der Waals surface area contributed by atoms with E-state index in [1.807, 2.05) is 19.1 Å². The van der Waals surface area contributed by atoms with Gasteiger partial charge in [-0.3, -0.25) is 4.79 Å². The van der Waals surface area contributed by atoms with E-state index in [1.54, 1.807) is 0 Å². The molecule has 0 saturated carbocycles. The van der Waals surface area contributed by atoms with Gasteiger partial charge in [0.1, 0.15) is 11.8 Å². The van der Waals surface area contributed by atoms with E-state index in [0.29, 0.717) is 6.61 Å². The summed E-state index contributed by atoms with van der Waals surface area (Å²) in [5.41, 5.74) is 10.2. The summed E-state index contributed by atoms with van der Waals surface area (Å²) in [6, 6.07) is 16.5. The maximum Gasteiger partial charge on any atom is 0.239 e. The molecule has 2 aromatic rings. The van der Waals surface area contributed by atoms with E-state index in [9.17, 15) is 4.79 Å². The number of rotatable bonds is 5. The molecule has 3 atom stereocenters. The van der Waals surface area contributed by atoms with Gasteiger partial charge in [-0.05, 0) is 61.4 Å². The molecule has 1 heterocycles. The van der Waals surface area contributed by atoms with Crippen molar-refractivity contribution in [3.63, 3.8) is 0 Å². The quantitative estimate of drug-likeness (QED) is 0.762. The first kappa shape index (κ1) is 18.0. The molecule has 0 aromatic heterocycles. The van der Waals surface area contributed by atoms with Crippen LogP contribution in [0.4, 0.5) is 0 Å². The van der Waals surface area contributed by atoms with Crippen molar-refractivity contribution in [1.82, 2.24) is 16.2 Å². The van der Waals surface area contributed by atoms with E-state index >= 15 is 0 Å². The summed E-state index contributed by atoms with van der Waals surface area (Å²) in [7, 11) is 0. The molecule has 1 amide bonds. The van der Waals surface area contributed by atoms with Gasteiger partial charge in [0.2, 0.25) is 5.91 Å². The molecular weight excluding hydrogens is 338 g/mol. The predicted octanol–water partition coefficient (Wildman–Crippen LogP) is 3.19. The summed E-state index contributed by atoms with van der Waals surface area (Å²) >= 11 is 0. The molecule has 0 spiro atoms. The number of benzene rings is 2. The topological polar surface area (TPSA) is 62.4 Å². The third-order valence-electron chi connectivity index (χ3n) is 5.50. The molecule has 1 aliphatic heterocycles. The number of amides is 1. The van der Waals surface area contributed by atoms with Crippen LogP contribution in [0, 0.1) is 0 Å². The van der Waals surface area contributed by atoms with Crippen LogP contribution in [-0.4, -0.2) is 18.6 Å². The van der Waals surface area contributed by atoms with E-state index in [2.05, 4.69) is 52.6 Å². The van der Waals surface area contributed by atoms with Crippen LogP contribution in [0.5, 0.6) is 5.75 Å². The van der Waals surface area contributed by atoms with Gasteiger partial charge in [0.25, 0.3) is 0 Å². The maximum absolute atomic E-state index is 12.8. The number of fused-ring (bicyclic) bond motifs is 1. The molecule has 1 fully saturated rings. The summed E-state index contributed by atoms with van der Waals surface area (Å²) in [5.74, 6) is 0.940. The van der Waals surface area contributed by atoms with Crippen molar-refractivity contribution in [2.75, 3.05) is 6.61 Å². The van der Waals surface area contributed by atoms with Gasteiger partial charge in [-0.15, -0.1) is 0 Å². The van der Waals surface area contributed by atoms with Crippen LogP contribution in [0.2, 0.25) is 0 Å². The number of nitrogens with one attached hydrogen (secondary N) is 3. The second-order valence-electron chi connectivity index (χ2n) is 7.28. The van der Waals surface area contributed by atoms with Crippen molar-refractivity contribution < 1.29 is 9.53 Å². The summed E-state index contributed by atoms with van der Waals surface area (Å²) in [6.45, 7) is 2.64. The van der Waals surface area contributed by atoms with E-state index in [0.717, 1.165) is 37.0 Å². The Bertz CT molecular complexity index is 790. The highest BCUT2D eigenvalue weighted by atomic mass is 16.5. The van der Waals surface area contributed by atoms with Crippen LogP contribution in [0.3, 0.4) is 0 Å². The molecule has 142 valence electrons. The predicted molar refractivity (Wildman–Crippen MR) is 105 cm³/mol. The molecule has 0 radical (unpaired) electrons. The molecule has 2 aromatic carbocycles. The molecule has 27 heavy (non-hydrogen) atoms. The highest BCUT2D eigenvalue weighted by Gasteiger charge is 2.32. The fraction of sp³-hybridized carbons (Fsp3) is 0.409. The highest BCUT2D eigenvalue weighted by Crippen LogP contribution is 2.30. The van der Waals surface area contributed by atoms with Crippen LogP contribution in [0.25, 0.3) is 0 Å². The van der Waals surface area contributed by atoms with Crippen LogP contribution in [0.1, 0.15) is 55.0 Å². The average Bonchev–Trinajstić information content (AvgIpc) is 3.19. The van der Waals surface area contributed by atoms with E-state index in [1.165, 1.54) is 11.1 Å². The maximum atomic E-state index is 12.8. The van der Waals surface area contributed by atoms with Crippen molar-refractivity contribution in [2.24, 2.45) is 0 Å². The number of hydrazine groups is 1. The monoisotopic (exact) mass is 365 g/mol. The Kier molecular flexibility index (Phi) is 5.41. The van der Waals surface area contributed by atoms with Crippen LogP contribution < -0.4 is 20.9 Å². The molecule has 3 N–H and O–H groups in total. The highest BCUT2D eigenvalue weighted by molar-refractivity contribution is 5.82. The number of hydrogen-bond acceptors (Lipinski definition) is 4. The molecule has 4 rings (SSSR count). The number of aryl methyl sites for hydroxylation is 1. The van der Waals surface area contributed by atoms with Gasteiger partial charge in [-0.1, -0.05) is 36.4 Å². The SMILES string of the molecule is CCOc1ccc(C2CC(C(=O)NC3CCCc4ccccc43)NN2)cc1. The summed E-state index contributed by atoms with van der Waals surface area (Å²) in [5, 5.41) is 3.25. The number of carbonyl (C=O) groups excluding carboxylic acids is 1. The third kappa shape index (κ3) is 3.99. The Balaban J connectivity index is 1.37. The Morgan fingerprint density at radius 3 is 2.78 bits per heavy atom. The molecule has 1 aliphatic carbocycles. The lowest BCUT2D eigenvalue weighted by atomic mass is 9.87. The lowest BCUT2D eigenvalue weighted by Gasteiger charge is -2.27. The second-order valence-corrected chi connectivity index (χ2v) is 7.28. The molecule has 0 bridgehead atoms. The Hall–Kier alpha value is -2.37. The van der Waals surface area contributed by atoms with Crippen LogP contribution in [-0.2, 0) is 11.2 Å². The Morgan fingerprint density at radius 1 is 1.15 bits per heavy atom. The lowest BCUT2D eigenvalue weighted by Crippen LogP contribution is -2.44. The van der Waals surface area contributed by atoms with E-state index in [-0.39, 0.29) is 24.0 Å². The van der Waals surface area contributed by atoms with Gasteiger partial charge in [0.15, 0.2) is 0 Å².